The standard InChI is InChI=1S/C16H12ClN3O/c1-10(21)18-15-8-7-12-13(11-5-3-2-4-6-11)9-14(17)19-16(12)20-15/h2-9H,1H3,(H,18,19,20,21). The van der Waals surface area contributed by atoms with Gasteiger partial charge < -0.3 is 5.32 Å². The predicted molar refractivity (Wildman–Crippen MR) is 84.3 cm³/mol. The van der Waals surface area contributed by atoms with E-state index in [0.717, 1.165) is 16.5 Å². The molecule has 0 spiro atoms. The third-order valence-corrected chi connectivity index (χ3v) is 3.22. The van der Waals surface area contributed by atoms with E-state index >= 15 is 0 Å². The van der Waals surface area contributed by atoms with Gasteiger partial charge in [0.05, 0.1) is 0 Å². The Bertz CT molecular complexity index is 818. The number of hydrogen-bond donors (Lipinski definition) is 1. The van der Waals surface area contributed by atoms with E-state index in [1.807, 2.05) is 42.5 Å². The molecule has 0 bridgehead atoms. The summed E-state index contributed by atoms with van der Waals surface area (Å²) in [5, 5.41) is 3.90. The fourth-order valence-corrected chi connectivity index (χ4v) is 2.37. The summed E-state index contributed by atoms with van der Waals surface area (Å²) in [6.45, 7) is 1.44. The molecule has 0 saturated heterocycles. The molecule has 1 amide bonds. The second-order valence-electron chi connectivity index (χ2n) is 4.61. The summed E-state index contributed by atoms with van der Waals surface area (Å²) < 4.78 is 0. The van der Waals surface area contributed by atoms with E-state index in [-0.39, 0.29) is 5.91 Å². The smallest absolute Gasteiger partial charge is 0.222 e. The Morgan fingerprint density at radius 2 is 1.86 bits per heavy atom. The Kier molecular flexibility index (Phi) is 3.54. The first-order valence-electron chi connectivity index (χ1n) is 6.44. The summed E-state index contributed by atoms with van der Waals surface area (Å²) in [6, 6.07) is 15.4. The van der Waals surface area contributed by atoms with Gasteiger partial charge in [-0.15, -0.1) is 0 Å². The zero-order valence-electron chi connectivity index (χ0n) is 11.3. The lowest BCUT2D eigenvalue weighted by Gasteiger charge is -2.08. The molecule has 4 nitrogen and oxygen atoms in total. The Labute approximate surface area is 126 Å². The molecule has 0 saturated carbocycles. The number of halogens is 1. The van der Waals surface area contributed by atoms with Crippen molar-refractivity contribution >= 4 is 34.4 Å². The van der Waals surface area contributed by atoms with Gasteiger partial charge in [-0.25, -0.2) is 9.97 Å². The fourth-order valence-electron chi connectivity index (χ4n) is 2.18. The van der Waals surface area contributed by atoms with Crippen LogP contribution in [0.25, 0.3) is 22.2 Å². The Morgan fingerprint density at radius 1 is 1.10 bits per heavy atom. The van der Waals surface area contributed by atoms with Gasteiger partial charge in [-0.1, -0.05) is 41.9 Å². The quantitative estimate of drug-likeness (QED) is 0.730. The number of benzene rings is 1. The zero-order valence-corrected chi connectivity index (χ0v) is 12.1. The molecule has 0 aliphatic carbocycles. The Morgan fingerprint density at radius 3 is 2.57 bits per heavy atom. The van der Waals surface area contributed by atoms with Crippen molar-refractivity contribution in [2.45, 2.75) is 6.92 Å². The highest BCUT2D eigenvalue weighted by Gasteiger charge is 2.09. The van der Waals surface area contributed by atoms with Crippen LogP contribution in [-0.2, 0) is 4.79 Å². The number of hydrogen-bond acceptors (Lipinski definition) is 3. The van der Waals surface area contributed by atoms with E-state index < -0.39 is 0 Å². The van der Waals surface area contributed by atoms with Gasteiger partial charge in [0.2, 0.25) is 5.91 Å². The van der Waals surface area contributed by atoms with Crippen molar-refractivity contribution in [2.24, 2.45) is 0 Å². The number of carbonyl (C=O) groups is 1. The normalized spacial score (nSPS) is 10.6. The van der Waals surface area contributed by atoms with Gasteiger partial charge in [0.1, 0.15) is 11.0 Å². The highest BCUT2D eigenvalue weighted by molar-refractivity contribution is 6.30. The van der Waals surface area contributed by atoms with Gasteiger partial charge in [0.25, 0.3) is 0 Å². The van der Waals surface area contributed by atoms with Gasteiger partial charge in [0, 0.05) is 12.3 Å². The second-order valence-corrected chi connectivity index (χ2v) is 4.99. The molecule has 2 aromatic heterocycles. The Hall–Kier alpha value is -2.46. The van der Waals surface area contributed by atoms with Crippen LogP contribution < -0.4 is 5.32 Å². The zero-order chi connectivity index (χ0) is 14.8. The Balaban J connectivity index is 2.20. The predicted octanol–water partition coefficient (Wildman–Crippen LogP) is 3.91. The number of aromatic nitrogens is 2. The maximum absolute atomic E-state index is 11.1. The van der Waals surface area contributed by atoms with Gasteiger partial charge in [-0.3, -0.25) is 4.79 Å². The van der Waals surface area contributed by atoms with Gasteiger partial charge in [-0.2, -0.15) is 0 Å². The number of amides is 1. The lowest BCUT2D eigenvalue weighted by atomic mass is 10.0. The molecule has 0 aliphatic heterocycles. The number of fused-ring (bicyclic) bond motifs is 1. The SMILES string of the molecule is CC(=O)Nc1ccc2c(-c3ccccc3)cc(Cl)nc2n1. The minimum Gasteiger partial charge on any atom is -0.311 e. The van der Waals surface area contributed by atoms with Crippen LogP contribution in [0.5, 0.6) is 0 Å². The molecule has 0 radical (unpaired) electrons. The summed E-state index contributed by atoms with van der Waals surface area (Å²) in [5.74, 6) is 0.288. The minimum atomic E-state index is -0.174. The van der Waals surface area contributed by atoms with Crippen LogP contribution in [-0.4, -0.2) is 15.9 Å². The first kappa shape index (κ1) is 13.5. The number of carbonyl (C=O) groups excluding carboxylic acids is 1. The van der Waals surface area contributed by atoms with Crippen molar-refractivity contribution in [3.8, 4) is 11.1 Å². The van der Waals surface area contributed by atoms with Crippen LogP contribution in [0.15, 0.2) is 48.5 Å². The maximum atomic E-state index is 11.1. The summed E-state index contributed by atoms with van der Waals surface area (Å²) in [5.41, 5.74) is 2.51. The molecule has 0 aliphatic rings. The average Bonchev–Trinajstić information content (AvgIpc) is 2.46. The molecule has 3 aromatic rings. The monoisotopic (exact) mass is 297 g/mol. The first-order valence-corrected chi connectivity index (χ1v) is 6.81. The van der Waals surface area contributed by atoms with Crippen molar-refractivity contribution < 1.29 is 4.79 Å². The largest absolute Gasteiger partial charge is 0.311 e. The highest BCUT2D eigenvalue weighted by atomic mass is 35.5. The van der Waals surface area contributed by atoms with E-state index in [4.69, 9.17) is 11.6 Å². The van der Waals surface area contributed by atoms with Crippen LogP contribution in [0.2, 0.25) is 5.15 Å². The summed E-state index contributed by atoms with van der Waals surface area (Å²) in [7, 11) is 0. The molecule has 1 N–H and O–H groups in total. The van der Waals surface area contributed by atoms with E-state index in [9.17, 15) is 4.79 Å². The van der Waals surface area contributed by atoms with E-state index in [2.05, 4.69) is 15.3 Å². The van der Waals surface area contributed by atoms with Crippen molar-refractivity contribution in [1.29, 1.82) is 0 Å². The van der Waals surface area contributed by atoms with Crippen molar-refractivity contribution in [1.82, 2.24) is 9.97 Å². The molecule has 1 aromatic carbocycles. The topological polar surface area (TPSA) is 54.9 Å². The van der Waals surface area contributed by atoms with E-state index in [1.54, 1.807) is 6.07 Å². The summed E-state index contributed by atoms with van der Waals surface area (Å²) >= 11 is 6.09. The first-order chi connectivity index (χ1) is 10.1. The van der Waals surface area contributed by atoms with Gasteiger partial charge >= 0.3 is 0 Å². The third kappa shape index (κ3) is 2.85. The number of nitrogens with zero attached hydrogens (tertiary/aromatic N) is 2. The van der Waals surface area contributed by atoms with E-state index in [1.165, 1.54) is 6.92 Å². The average molecular weight is 298 g/mol. The molecule has 2 heterocycles. The molecule has 3 rings (SSSR count). The van der Waals surface area contributed by atoms with Gasteiger partial charge in [0.15, 0.2) is 5.65 Å². The maximum Gasteiger partial charge on any atom is 0.222 e. The van der Waals surface area contributed by atoms with E-state index in [0.29, 0.717) is 16.6 Å². The lowest BCUT2D eigenvalue weighted by molar-refractivity contribution is -0.114. The van der Waals surface area contributed by atoms with Crippen molar-refractivity contribution in [3.05, 3.63) is 53.7 Å². The second kappa shape index (κ2) is 5.50. The molecule has 0 atom stereocenters. The molecular formula is C16H12ClN3O. The molecule has 0 unspecified atom stereocenters. The molecule has 104 valence electrons. The van der Waals surface area contributed by atoms with Crippen LogP contribution in [0.3, 0.4) is 0 Å². The number of nitrogens with one attached hydrogen (secondary N) is 1. The highest BCUT2D eigenvalue weighted by Crippen LogP contribution is 2.29. The number of anilines is 1. The van der Waals surface area contributed by atoms with Gasteiger partial charge in [-0.05, 0) is 29.3 Å². The van der Waals surface area contributed by atoms with Crippen LogP contribution in [0.1, 0.15) is 6.92 Å². The molecular weight excluding hydrogens is 286 g/mol. The molecule has 5 heteroatoms. The van der Waals surface area contributed by atoms with Crippen LogP contribution in [0, 0.1) is 0 Å². The minimum absolute atomic E-state index is 0.174. The van der Waals surface area contributed by atoms with Crippen LogP contribution >= 0.6 is 11.6 Å². The number of pyridine rings is 2. The number of rotatable bonds is 2. The summed E-state index contributed by atoms with van der Waals surface area (Å²) in [4.78, 5) is 19.7. The van der Waals surface area contributed by atoms with Crippen molar-refractivity contribution in [2.75, 3.05) is 5.32 Å². The van der Waals surface area contributed by atoms with Crippen LogP contribution in [0.4, 0.5) is 5.82 Å². The third-order valence-electron chi connectivity index (χ3n) is 3.03. The molecule has 21 heavy (non-hydrogen) atoms. The lowest BCUT2D eigenvalue weighted by Crippen LogP contribution is -2.07. The summed E-state index contributed by atoms with van der Waals surface area (Å²) in [6.07, 6.45) is 0. The fraction of sp³-hybridized carbons (Fsp3) is 0.0625. The molecule has 0 fully saturated rings. The van der Waals surface area contributed by atoms with Crippen molar-refractivity contribution in [3.63, 3.8) is 0 Å².